The maximum atomic E-state index is 13.0. The Labute approximate surface area is 155 Å². The number of amides is 3. The standard InChI is InChI=1S/C16H19FN4O5S/c17-10-3-7-12(8-4-10)27(25,26)21-9-1-2-13(21)14(22)19-20-16(24)15(23)18-11-5-6-11/h3-4,7-8,11,13H,1-2,5-6,9H2,(H,18,23)(H,19,22)(H,20,24)/t13-/m0/s1. The Morgan fingerprint density at radius 2 is 1.67 bits per heavy atom. The van der Waals surface area contributed by atoms with E-state index in [-0.39, 0.29) is 23.9 Å². The Bertz CT molecular complexity index is 854. The van der Waals surface area contributed by atoms with Gasteiger partial charge in [-0.1, -0.05) is 0 Å². The average molecular weight is 398 g/mol. The van der Waals surface area contributed by atoms with E-state index in [1.807, 2.05) is 5.43 Å². The summed E-state index contributed by atoms with van der Waals surface area (Å²) in [6.45, 7) is 0.119. The van der Waals surface area contributed by atoms with E-state index in [4.69, 9.17) is 0 Å². The van der Waals surface area contributed by atoms with Gasteiger partial charge in [-0.05, 0) is 49.9 Å². The molecule has 9 nitrogen and oxygen atoms in total. The fourth-order valence-electron chi connectivity index (χ4n) is 2.77. The van der Waals surface area contributed by atoms with Crippen LogP contribution in [0.1, 0.15) is 25.7 Å². The van der Waals surface area contributed by atoms with Crippen LogP contribution in [0.5, 0.6) is 0 Å². The lowest BCUT2D eigenvalue weighted by Gasteiger charge is -2.23. The number of nitrogens with zero attached hydrogens (tertiary/aromatic N) is 1. The van der Waals surface area contributed by atoms with E-state index in [0.717, 1.165) is 41.4 Å². The average Bonchev–Trinajstić information content (AvgIpc) is 3.30. The van der Waals surface area contributed by atoms with Gasteiger partial charge < -0.3 is 5.32 Å². The second kappa shape index (κ2) is 7.61. The SMILES string of the molecule is O=C(NNC(=O)[C@@H]1CCCN1S(=O)(=O)c1ccc(F)cc1)C(=O)NC1CC1. The Morgan fingerprint density at radius 3 is 2.30 bits per heavy atom. The quantitative estimate of drug-likeness (QED) is 0.462. The smallest absolute Gasteiger partial charge is 0.327 e. The zero-order chi connectivity index (χ0) is 19.6. The lowest BCUT2D eigenvalue weighted by molar-refractivity contribution is -0.141. The minimum atomic E-state index is -4.00. The minimum absolute atomic E-state index is 0.00914. The summed E-state index contributed by atoms with van der Waals surface area (Å²) in [6, 6.07) is 3.26. The van der Waals surface area contributed by atoms with Crippen molar-refractivity contribution in [2.45, 2.75) is 42.7 Å². The third-order valence-corrected chi connectivity index (χ3v) is 6.27. The summed E-state index contributed by atoms with van der Waals surface area (Å²) in [7, 11) is -4.00. The van der Waals surface area contributed by atoms with E-state index < -0.39 is 39.6 Å². The fraction of sp³-hybridized carbons (Fsp3) is 0.438. The van der Waals surface area contributed by atoms with E-state index in [1.54, 1.807) is 0 Å². The van der Waals surface area contributed by atoms with Crippen molar-refractivity contribution < 1.29 is 27.2 Å². The number of sulfonamides is 1. The summed E-state index contributed by atoms with van der Waals surface area (Å²) >= 11 is 0. The number of hydrazine groups is 1. The number of benzene rings is 1. The topological polar surface area (TPSA) is 125 Å². The van der Waals surface area contributed by atoms with Crippen molar-refractivity contribution in [1.82, 2.24) is 20.5 Å². The molecule has 0 bridgehead atoms. The molecule has 3 N–H and O–H groups in total. The van der Waals surface area contributed by atoms with E-state index in [2.05, 4.69) is 10.7 Å². The van der Waals surface area contributed by atoms with Crippen molar-refractivity contribution in [3.63, 3.8) is 0 Å². The van der Waals surface area contributed by atoms with E-state index in [0.29, 0.717) is 6.42 Å². The third-order valence-electron chi connectivity index (χ3n) is 4.34. The maximum absolute atomic E-state index is 13.0. The van der Waals surface area contributed by atoms with Crippen molar-refractivity contribution in [1.29, 1.82) is 0 Å². The monoisotopic (exact) mass is 398 g/mol. The molecular formula is C16H19FN4O5S. The second-order valence-corrected chi connectivity index (χ2v) is 8.31. The molecule has 1 saturated heterocycles. The van der Waals surface area contributed by atoms with Gasteiger partial charge in [0.2, 0.25) is 10.0 Å². The lowest BCUT2D eigenvalue weighted by Crippen LogP contribution is -2.54. The van der Waals surface area contributed by atoms with Gasteiger partial charge in [-0.25, -0.2) is 12.8 Å². The first-order valence-corrected chi connectivity index (χ1v) is 9.91. The van der Waals surface area contributed by atoms with Gasteiger partial charge in [0.05, 0.1) is 4.90 Å². The normalized spacial score (nSPS) is 20.1. The van der Waals surface area contributed by atoms with Crippen LogP contribution in [-0.2, 0) is 24.4 Å². The highest BCUT2D eigenvalue weighted by Gasteiger charge is 2.39. The molecule has 1 atom stereocenters. The number of hydrogen-bond acceptors (Lipinski definition) is 5. The van der Waals surface area contributed by atoms with Crippen LogP contribution >= 0.6 is 0 Å². The van der Waals surface area contributed by atoms with Gasteiger partial charge in [0.25, 0.3) is 5.91 Å². The molecule has 0 unspecified atom stereocenters. The molecule has 0 radical (unpaired) electrons. The van der Waals surface area contributed by atoms with Crippen LogP contribution in [0.15, 0.2) is 29.2 Å². The van der Waals surface area contributed by atoms with E-state index in [9.17, 15) is 27.2 Å². The number of rotatable bonds is 4. The Balaban J connectivity index is 1.62. The van der Waals surface area contributed by atoms with Gasteiger partial charge >= 0.3 is 11.8 Å². The van der Waals surface area contributed by atoms with E-state index in [1.165, 1.54) is 0 Å². The molecule has 27 heavy (non-hydrogen) atoms. The maximum Gasteiger partial charge on any atom is 0.327 e. The van der Waals surface area contributed by atoms with Gasteiger partial charge in [-0.3, -0.25) is 25.2 Å². The van der Waals surface area contributed by atoms with Gasteiger partial charge in [-0.15, -0.1) is 0 Å². The highest BCUT2D eigenvalue weighted by atomic mass is 32.2. The predicted octanol–water partition coefficient (Wildman–Crippen LogP) is -0.595. The molecule has 1 heterocycles. The fourth-order valence-corrected chi connectivity index (χ4v) is 4.43. The minimum Gasteiger partial charge on any atom is -0.345 e. The number of nitrogens with one attached hydrogen (secondary N) is 3. The molecule has 11 heteroatoms. The van der Waals surface area contributed by atoms with Gasteiger partial charge in [0, 0.05) is 12.6 Å². The molecule has 1 aliphatic carbocycles. The number of carbonyl (C=O) groups excluding carboxylic acids is 3. The summed E-state index contributed by atoms with van der Waals surface area (Å²) in [5.41, 5.74) is 4.09. The Hall–Kier alpha value is -2.53. The van der Waals surface area contributed by atoms with Gasteiger partial charge in [0.15, 0.2) is 0 Å². The first-order valence-electron chi connectivity index (χ1n) is 8.47. The van der Waals surface area contributed by atoms with Crippen molar-refractivity contribution in [3.8, 4) is 0 Å². The molecule has 146 valence electrons. The van der Waals surface area contributed by atoms with Crippen LogP contribution in [0.4, 0.5) is 4.39 Å². The molecule has 3 rings (SSSR count). The number of halogens is 1. The first kappa shape index (κ1) is 19.2. The second-order valence-electron chi connectivity index (χ2n) is 6.42. The van der Waals surface area contributed by atoms with Crippen molar-refractivity contribution >= 4 is 27.7 Å². The molecule has 0 spiro atoms. The summed E-state index contributed by atoms with van der Waals surface area (Å²) < 4.78 is 39.5. The number of carbonyl (C=O) groups is 3. The first-order chi connectivity index (χ1) is 12.8. The molecule has 0 aromatic heterocycles. The summed E-state index contributed by atoms with van der Waals surface area (Å²) in [4.78, 5) is 35.4. The van der Waals surface area contributed by atoms with Crippen molar-refractivity contribution in [2.24, 2.45) is 0 Å². The van der Waals surface area contributed by atoms with Crippen LogP contribution in [0.3, 0.4) is 0 Å². The molecule has 2 aliphatic rings. The highest BCUT2D eigenvalue weighted by Crippen LogP contribution is 2.26. The van der Waals surface area contributed by atoms with Crippen LogP contribution in [0.25, 0.3) is 0 Å². The van der Waals surface area contributed by atoms with E-state index >= 15 is 0 Å². The van der Waals surface area contributed by atoms with Crippen LogP contribution in [-0.4, -0.2) is 49.1 Å². The Kier molecular flexibility index (Phi) is 5.42. The van der Waals surface area contributed by atoms with Crippen LogP contribution in [0.2, 0.25) is 0 Å². The number of hydrogen-bond donors (Lipinski definition) is 3. The van der Waals surface area contributed by atoms with Crippen molar-refractivity contribution in [3.05, 3.63) is 30.1 Å². The molecular weight excluding hydrogens is 379 g/mol. The van der Waals surface area contributed by atoms with Crippen LogP contribution < -0.4 is 16.2 Å². The third kappa shape index (κ3) is 4.42. The molecule has 2 fully saturated rings. The largest absolute Gasteiger partial charge is 0.345 e. The Morgan fingerprint density at radius 1 is 1.00 bits per heavy atom. The molecule has 1 aromatic rings. The summed E-state index contributed by atoms with van der Waals surface area (Å²) in [6.07, 6.45) is 2.33. The molecule has 1 saturated carbocycles. The summed E-state index contributed by atoms with van der Waals surface area (Å²) in [5.74, 6) is -3.20. The van der Waals surface area contributed by atoms with Crippen LogP contribution in [0, 0.1) is 5.82 Å². The molecule has 3 amide bonds. The zero-order valence-corrected chi connectivity index (χ0v) is 15.1. The highest BCUT2D eigenvalue weighted by molar-refractivity contribution is 7.89. The summed E-state index contributed by atoms with van der Waals surface area (Å²) in [5, 5.41) is 2.47. The molecule has 1 aliphatic heterocycles. The van der Waals surface area contributed by atoms with Gasteiger partial charge in [-0.2, -0.15) is 4.31 Å². The zero-order valence-electron chi connectivity index (χ0n) is 14.3. The van der Waals surface area contributed by atoms with Gasteiger partial charge in [0.1, 0.15) is 11.9 Å². The van der Waals surface area contributed by atoms with Crippen molar-refractivity contribution in [2.75, 3.05) is 6.54 Å². The predicted molar refractivity (Wildman–Crippen MR) is 90.8 cm³/mol. The lowest BCUT2D eigenvalue weighted by atomic mass is 10.2. The molecule has 1 aromatic carbocycles.